The number of aromatic amines is 1. The number of H-pyrrole nitrogens is 1. The second kappa shape index (κ2) is 5.01. The number of rotatable bonds is 3. The number of aryl methyl sites for hydroxylation is 1. The molecule has 1 saturated heterocycles. The van der Waals surface area contributed by atoms with E-state index in [2.05, 4.69) is 4.98 Å². The highest BCUT2D eigenvalue weighted by molar-refractivity contribution is 5.76. The van der Waals surface area contributed by atoms with E-state index in [4.69, 9.17) is 0 Å². The number of aromatic nitrogens is 1. The van der Waals surface area contributed by atoms with E-state index in [0.717, 1.165) is 25.2 Å². The van der Waals surface area contributed by atoms with Crippen molar-refractivity contribution in [2.24, 2.45) is 0 Å². The van der Waals surface area contributed by atoms with Gasteiger partial charge in [0, 0.05) is 31.4 Å². The number of nitrogens with one attached hydrogen (secondary N) is 1. The van der Waals surface area contributed by atoms with Crippen molar-refractivity contribution in [1.82, 2.24) is 9.88 Å². The van der Waals surface area contributed by atoms with Crippen LogP contribution >= 0.6 is 0 Å². The van der Waals surface area contributed by atoms with E-state index < -0.39 is 0 Å². The van der Waals surface area contributed by atoms with Crippen molar-refractivity contribution in [3.8, 4) is 0 Å². The Morgan fingerprint density at radius 2 is 2.13 bits per heavy atom. The summed E-state index contributed by atoms with van der Waals surface area (Å²) in [6.07, 6.45) is 7.01. The zero-order valence-electron chi connectivity index (χ0n) is 9.04. The number of carbonyl (C=O) groups excluding carboxylic acids is 1. The zero-order chi connectivity index (χ0) is 10.5. The minimum absolute atomic E-state index is 0.310. The molecule has 2 heterocycles. The minimum atomic E-state index is 0.310. The van der Waals surface area contributed by atoms with Crippen LogP contribution in [0.3, 0.4) is 0 Å². The monoisotopic (exact) mass is 206 g/mol. The van der Waals surface area contributed by atoms with Gasteiger partial charge in [0.05, 0.1) is 0 Å². The molecule has 1 aromatic heterocycles. The van der Waals surface area contributed by atoms with Gasteiger partial charge in [-0.25, -0.2) is 0 Å². The molecule has 82 valence electrons. The lowest BCUT2D eigenvalue weighted by Crippen LogP contribution is -2.35. The molecule has 2 rings (SSSR count). The van der Waals surface area contributed by atoms with Crippen LogP contribution in [-0.4, -0.2) is 28.9 Å². The predicted molar refractivity (Wildman–Crippen MR) is 59.5 cm³/mol. The van der Waals surface area contributed by atoms with Gasteiger partial charge in [-0.05, 0) is 37.8 Å². The lowest BCUT2D eigenvalue weighted by Gasteiger charge is -2.26. The lowest BCUT2D eigenvalue weighted by atomic mass is 10.1. The summed E-state index contributed by atoms with van der Waals surface area (Å²) in [5, 5.41) is 0. The molecule has 3 nitrogen and oxygen atoms in total. The number of nitrogens with zero attached hydrogens (tertiary/aromatic N) is 1. The SMILES string of the molecule is O=C(CCc1ccc[nH]1)N1CCCCC1. The first-order valence-corrected chi connectivity index (χ1v) is 5.76. The van der Waals surface area contributed by atoms with Gasteiger partial charge in [0.15, 0.2) is 0 Å². The van der Waals surface area contributed by atoms with Crippen molar-refractivity contribution in [1.29, 1.82) is 0 Å². The average molecular weight is 206 g/mol. The summed E-state index contributed by atoms with van der Waals surface area (Å²) in [5.74, 6) is 0.310. The Bertz CT molecular complexity index is 299. The molecule has 1 fully saturated rings. The number of likely N-dealkylation sites (tertiary alicyclic amines) is 1. The molecule has 1 N–H and O–H groups in total. The largest absolute Gasteiger partial charge is 0.365 e. The van der Waals surface area contributed by atoms with Crippen molar-refractivity contribution in [2.45, 2.75) is 32.1 Å². The van der Waals surface area contributed by atoms with Crippen LogP contribution in [0, 0.1) is 0 Å². The Kier molecular flexibility index (Phi) is 3.43. The van der Waals surface area contributed by atoms with Gasteiger partial charge >= 0.3 is 0 Å². The van der Waals surface area contributed by atoms with E-state index in [9.17, 15) is 4.79 Å². The molecule has 1 aliphatic heterocycles. The molecule has 0 atom stereocenters. The van der Waals surface area contributed by atoms with E-state index in [1.807, 2.05) is 23.2 Å². The summed E-state index contributed by atoms with van der Waals surface area (Å²) in [7, 11) is 0. The molecule has 1 amide bonds. The van der Waals surface area contributed by atoms with Gasteiger partial charge in [-0.2, -0.15) is 0 Å². The van der Waals surface area contributed by atoms with E-state index in [-0.39, 0.29) is 0 Å². The van der Waals surface area contributed by atoms with Crippen LogP contribution in [-0.2, 0) is 11.2 Å². The molecule has 1 aromatic rings. The van der Waals surface area contributed by atoms with Crippen molar-refractivity contribution in [2.75, 3.05) is 13.1 Å². The maximum Gasteiger partial charge on any atom is 0.222 e. The molecule has 3 heteroatoms. The number of carbonyl (C=O) groups is 1. The maximum absolute atomic E-state index is 11.8. The molecule has 0 saturated carbocycles. The minimum Gasteiger partial charge on any atom is -0.365 e. The summed E-state index contributed by atoms with van der Waals surface area (Å²) in [6, 6.07) is 4.00. The summed E-state index contributed by atoms with van der Waals surface area (Å²) < 4.78 is 0. The highest BCUT2D eigenvalue weighted by Crippen LogP contribution is 2.11. The van der Waals surface area contributed by atoms with E-state index in [1.165, 1.54) is 19.3 Å². The fraction of sp³-hybridized carbons (Fsp3) is 0.583. The van der Waals surface area contributed by atoms with Gasteiger partial charge in [0.2, 0.25) is 5.91 Å². The summed E-state index contributed by atoms with van der Waals surface area (Å²) in [5.41, 5.74) is 1.15. The fourth-order valence-corrected chi connectivity index (χ4v) is 2.07. The van der Waals surface area contributed by atoms with Gasteiger partial charge in [-0.3, -0.25) is 4.79 Å². The lowest BCUT2D eigenvalue weighted by molar-refractivity contribution is -0.132. The van der Waals surface area contributed by atoms with Crippen molar-refractivity contribution >= 4 is 5.91 Å². The molecule has 0 bridgehead atoms. The molecule has 0 radical (unpaired) electrons. The topological polar surface area (TPSA) is 36.1 Å². The molecule has 15 heavy (non-hydrogen) atoms. The third-order valence-corrected chi connectivity index (χ3v) is 2.98. The molecule has 0 spiro atoms. The van der Waals surface area contributed by atoms with E-state index in [0.29, 0.717) is 12.3 Å². The quantitative estimate of drug-likeness (QED) is 0.806. The van der Waals surface area contributed by atoms with Gasteiger partial charge < -0.3 is 9.88 Å². The molecule has 0 aromatic carbocycles. The van der Waals surface area contributed by atoms with E-state index in [1.54, 1.807) is 0 Å². The Labute approximate surface area is 90.5 Å². The van der Waals surface area contributed by atoms with Crippen molar-refractivity contribution in [3.63, 3.8) is 0 Å². The van der Waals surface area contributed by atoms with Crippen LogP contribution in [0.4, 0.5) is 0 Å². The molecular formula is C12H18N2O. The Morgan fingerprint density at radius 3 is 2.80 bits per heavy atom. The predicted octanol–water partition coefficient (Wildman–Crippen LogP) is 1.96. The number of hydrogen-bond donors (Lipinski definition) is 1. The zero-order valence-corrected chi connectivity index (χ0v) is 9.04. The fourth-order valence-electron chi connectivity index (χ4n) is 2.07. The van der Waals surface area contributed by atoms with E-state index >= 15 is 0 Å². The standard InChI is InChI=1S/C12H18N2O/c15-12(14-9-2-1-3-10-14)7-6-11-5-4-8-13-11/h4-5,8,13H,1-3,6-7,9-10H2. The van der Waals surface area contributed by atoms with Gasteiger partial charge in [0.1, 0.15) is 0 Å². The first kappa shape index (κ1) is 10.3. The number of amides is 1. The maximum atomic E-state index is 11.8. The van der Waals surface area contributed by atoms with Crippen LogP contribution < -0.4 is 0 Å². The number of piperidine rings is 1. The van der Waals surface area contributed by atoms with Crippen LogP contribution in [0.15, 0.2) is 18.3 Å². The van der Waals surface area contributed by atoms with Crippen molar-refractivity contribution in [3.05, 3.63) is 24.0 Å². The molecular weight excluding hydrogens is 188 g/mol. The average Bonchev–Trinajstić information content (AvgIpc) is 2.80. The third-order valence-electron chi connectivity index (χ3n) is 2.98. The van der Waals surface area contributed by atoms with Crippen LogP contribution in [0.25, 0.3) is 0 Å². The van der Waals surface area contributed by atoms with Crippen LogP contribution in [0.1, 0.15) is 31.4 Å². The molecule has 1 aliphatic rings. The third kappa shape index (κ3) is 2.85. The highest BCUT2D eigenvalue weighted by Gasteiger charge is 2.15. The Morgan fingerprint density at radius 1 is 1.33 bits per heavy atom. The summed E-state index contributed by atoms with van der Waals surface area (Å²) in [6.45, 7) is 1.92. The smallest absolute Gasteiger partial charge is 0.222 e. The van der Waals surface area contributed by atoms with Gasteiger partial charge in [0.25, 0.3) is 0 Å². The summed E-state index contributed by atoms with van der Waals surface area (Å²) >= 11 is 0. The Hall–Kier alpha value is -1.25. The number of hydrogen-bond acceptors (Lipinski definition) is 1. The van der Waals surface area contributed by atoms with Gasteiger partial charge in [-0.15, -0.1) is 0 Å². The van der Waals surface area contributed by atoms with Crippen molar-refractivity contribution < 1.29 is 4.79 Å². The first-order valence-electron chi connectivity index (χ1n) is 5.76. The summed E-state index contributed by atoms with van der Waals surface area (Å²) in [4.78, 5) is 16.9. The van der Waals surface area contributed by atoms with Gasteiger partial charge in [-0.1, -0.05) is 0 Å². The first-order chi connectivity index (χ1) is 7.36. The second-order valence-corrected chi connectivity index (χ2v) is 4.14. The normalized spacial score (nSPS) is 16.7. The highest BCUT2D eigenvalue weighted by atomic mass is 16.2. The van der Waals surface area contributed by atoms with Crippen LogP contribution in [0.5, 0.6) is 0 Å². The second-order valence-electron chi connectivity index (χ2n) is 4.14. The Balaban J connectivity index is 1.76. The molecule has 0 aliphatic carbocycles. The van der Waals surface area contributed by atoms with Crippen LogP contribution in [0.2, 0.25) is 0 Å². The molecule has 0 unspecified atom stereocenters.